The van der Waals surface area contributed by atoms with Gasteiger partial charge in [0.15, 0.2) is 5.41 Å². The molecule has 0 saturated heterocycles. The second-order valence-electron chi connectivity index (χ2n) is 2.44. The van der Waals surface area contributed by atoms with Crippen LogP contribution in [0.3, 0.4) is 0 Å². The average Bonchev–Trinajstić information content (AvgIpc) is 1.87. The molecule has 0 aromatic heterocycles. The van der Waals surface area contributed by atoms with E-state index in [2.05, 4.69) is 0 Å². The van der Waals surface area contributed by atoms with Gasteiger partial charge in [0.25, 0.3) is 0 Å². The van der Waals surface area contributed by atoms with E-state index in [0.29, 0.717) is 0 Å². The molecule has 0 spiro atoms. The van der Waals surface area contributed by atoms with Gasteiger partial charge in [0.1, 0.15) is 0 Å². The SMILES string of the molecule is CCC(CN)(C(=O)O)C(F)(F)F. The van der Waals surface area contributed by atoms with E-state index in [4.69, 9.17) is 10.8 Å². The van der Waals surface area contributed by atoms with Crippen LogP contribution >= 0.6 is 0 Å². The first kappa shape index (κ1) is 11.2. The number of carboxylic acids is 1. The molecule has 0 bridgehead atoms. The van der Waals surface area contributed by atoms with Crippen molar-refractivity contribution in [3.63, 3.8) is 0 Å². The van der Waals surface area contributed by atoms with Gasteiger partial charge in [-0.05, 0) is 6.42 Å². The first-order valence-corrected chi connectivity index (χ1v) is 3.32. The molecule has 0 rings (SSSR count). The Morgan fingerprint density at radius 1 is 1.50 bits per heavy atom. The van der Waals surface area contributed by atoms with Crippen molar-refractivity contribution in [2.75, 3.05) is 6.54 Å². The van der Waals surface area contributed by atoms with Gasteiger partial charge < -0.3 is 10.8 Å². The fourth-order valence-electron chi connectivity index (χ4n) is 0.820. The number of hydrogen-bond donors (Lipinski definition) is 2. The van der Waals surface area contributed by atoms with Gasteiger partial charge in [0, 0.05) is 6.54 Å². The summed E-state index contributed by atoms with van der Waals surface area (Å²) in [6, 6.07) is 0. The summed E-state index contributed by atoms with van der Waals surface area (Å²) in [4.78, 5) is 10.3. The fourth-order valence-corrected chi connectivity index (χ4v) is 0.820. The molecule has 0 radical (unpaired) electrons. The molecule has 12 heavy (non-hydrogen) atoms. The summed E-state index contributed by atoms with van der Waals surface area (Å²) in [6.07, 6.45) is -5.34. The highest BCUT2D eigenvalue weighted by Crippen LogP contribution is 2.40. The molecule has 0 aliphatic rings. The Morgan fingerprint density at radius 2 is 1.92 bits per heavy atom. The molecular formula is C6H10F3NO2. The van der Waals surface area contributed by atoms with Crippen LogP contribution in [-0.2, 0) is 4.79 Å². The predicted octanol–water partition coefficient (Wildman–Crippen LogP) is 0.988. The lowest BCUT2D eigenvalue weighted by atomic mass is 9.84. The van der Waals surface area contributed by atoms with Crippen LogP contribution in [0.4, 0.5) is 13.2 Å². The van der Waals surface area contributed by atoms with Gasteiger partial charge in [-0.1, -0.05) is 6.92 Å². The largest absolute Gasteiger partial charge is 0.481 e. The zero-order valence-corrected chi connectivity index (χ0v) is 6.48. The predicted molar refractivity (Wildman–Crippen MR) is 35.5 cm³/mol. The maximum Gasteiger partial charge on any atom is 0.406 e. The van der Waals surface area contributed by atoms with Crippen LogP contribution in [0.2, 0.25) is 0 Å². The van der Waals surface area contributed by atoms with Gasteiger partial charge in [-0.3, -0.25) is 4.79 Å². The second kappa shape index (κ2) is 3.30. The zero-order valence-electron chi connectivity index (χ0n) is 6.48. The molecule has 3 N–H and O–H groups in total. The molecule has 1 unspecified atom stereocenters. The van der Waals surface area contributed by atoms with Crippen molar-refractivity contribution in [1.82, 2.24) is 0 Å². The van der Waals surface area contributed by atoms with Crippen LogP contribution < -0.4 is 5.73 Å². The van der Waals surface area contributed by atoms with E-state index in [1.165, 1.54) is 0 Å². The maximum absolute atomic E-state index is 12.2. The molecular weight excluding hydrogens is 175 g/mol. The summed E-state index contributed by atoms with van der Waals surface area (Å²) in [7, 11) is 0. The van der Waals surface area contributed by atoms with Crippen molar-refractivity contribution in [3.05, 3.63) is 0 Å². The molecule has 0 heterocycles. The third-order valence-corrected chi connectivity index (χ3v) is 1.90. The molecule has 0 aromatic rings. The minimum atomic E-state index is -4.79. The first-order valence-electron chi connectivity index (χ1n) is 3.32. The highest BCUT2D eigenvalue weighted by Gasteiger charge is 2.58. The van der Waals surface area contributed by atoms with Gasteiger partial charge in [0.2, 0.25) is 0 Å². The summed E-state index contributed by atoms with van der Waals surface area (Å²) in [6.45, 7) is 0.219. The van der Waals surface area contributed by atoms with E-state index in [9.17, 15) is 18.0 Å². The lowest BCUT2D eigenvalue weighted by Crippen LogP contribution is -2.50. The summed E-state index contributed by atoms with van der Waals surface area (Å²) in [5, 5.41) is 8.36. The molecule has 72 valence electrons. The van der Waals surface area contributed by atoms with E-state index in [1.807, 2.05) is 0 Å². The number of carboxylic acid groups (broad SMARTS) is 1. The van der Waals surface area contributed by atoms with Gasteiger partial charge in [-0.2, -0.15) is 13.2 Å². The second-order valence-corrected chi connectivity index (χ2v) is 2.44. The molecule has 0 fully saturated rings. The normalized spacial score (nSPS) is 17.1. The monoisotopic (exact) mass is 185 g/mol. The van der Waals surface area contributed by atoms with Crippen molar-refractivity contribution in [1.29, 1.82) is 0 Å². The Kier molecular flexibility index (Phi) is 3.09. The molecule has 0 saturated carbocycles. The van der Waals surface area contributed by atoms with Crippen LogP contribution in [0, 0.1) is 5.41 Å². The summed E-state index contributed by atoms with van der Waals surface area (Å²) >= 11 is 0. The van der Waals surface area contributed by atoms with E-state index in [1.54, 1.807) is 0 Å². The Balaban J connectivity index is 4.97. The van der Waals surface area contributed by atoms with Crippen LogP contribution in [0.25, 0.3) is 0 Å². The Morgan fingerprint density at radius 3 is 1.92 bits per heavy atom. The van der Waals surface area contributed by atoms with E-state index in [0.717, 1.165) is 6.92 Å². The molecule has 1 atom stereocenters. The zero-order chi connectivity index (χ0) is 9.99. The third-order valence-electron chi connectivity index (χ3n) is 1.90. The van der Waals surface area contributed by atoms with Crippen molar-refractivity contribution in [3.8, 4) is 0 Å². The van der Waals surface area contributed by atoms with Gasteiger partial charge in [-0.15, -0.1) is 0 Å². The smallest absolute Gasteiger partial charge is 0.406 e. The quantitative estimate of drug-likeness (QED) is 0.689. The maximum atomic E-state index is 12.2. The first-order chi connectivity index (χ1) is 5.31. The van der Waals surface area contributed by atoms with Gasteiger partial charge >= 0.3 is 12.1 Å². The summed E-state index contributed by atoms with van der Waals surface area (Å²) in [5.74, 6) is -1.92. The highest BCUT2D eigenvalue weighted by atomic mass is 19.4. The van der Waals surface area contributed by atoms with Crippen LogP contribution in [-0.4, -0.2) is 23.8 Å². The van der Waals surface area contributed by atoms with Crippen molar-refractivity contribution >= 4 is 5.97 Å². The van der Waals surface area contributed by atoms with Crippen molar-refractivity contribution in [2.45, 2.75) is 19.5 Å². The molecule has 0 aromatic carbocycles. The molecule has 3 nitrogen and oxygen atoms in total. The van der Waals surface area contributed by atoms with Crippen LogP contribution in [0.1, 0.15) is 13.3 Å². The van der Waals surface area contributed by atoms with E-state index in [-0.39, 0.29) is 0 Å². The number of rotatable bonds is 3. The number of carbonyl (C=O) groups is 1. The molecule has 0 aliphatic heterocycles. The Labute approximate surface area is 67.4 Å². The average molecular weight is 185 g/mol. The minimum Gasteiger partial charge on any atom is -0.481 e. The summed E-state index contributed by atoms with van der Waals surface area (Å²) in [5.41, 5.74) is 2.02. The molecule has 0 amide bonds. The highest BCUT2D eigenvalue weighted by molar-refractivity contribution is 5.76. The number of alkyl halides is 3. The van der Waals surface area contributed by atoms with E-state index < -0.39 is 30.5 Å². The summed E-state index contributed by atoms with van der Waals surface area (Å²) < 4.78 is 36.5. The molecule has 0 aliphatic carbocycles. The lowest BCUT2D eigenvalue weighted by Gasteiger charge is -2.28. The fraction of sp³-hybridized carbons (Fsp3) is 0.833. The third kappa shape index (κ3) is 1.52. The minimum absolute atomic E-state index is 0.553. The molecule has 6 heteroatoms. The Hall–Kier alpha value is -0.780. The van der Waals surface area contributed by atoms with Crippen LogP contribution in [0.5, 0.6) is 0 Å². The van der Waals surface area contributed by atoms with E-state index >= 15 is 0 Å². The number of halogens is 3. The number of hydrogen-bond acceptors (Lipinski definition) is 2. The number of aliphatic carboxylic acids is 1. The standard InChI is InChI=1S/C6H10F3NO2/c1-2-5(3-10,4(11)12)6(7,8)9/h2-3,10H2,1H3,(H,11,12). The van der Waals surface area contributed by atoms with Gasteiger partial charge in [-0.25, -0.2) is 0 Å². The number of nitrogens with two attached hydrogens (primary N) is 1. The van der Waals surface area contributed by atoms with Crippen molar-refractivity contribution < 1.29 is 23.1 Å². The van der Waals surface area contributed by atoms with Crippen molar-refractivity contribution in [2.24, 2.45) is 11.1 Å². The Bertz CT molecular complexity index is 174. The topological polar surface area (TPSA) is 63.3 Å². The van der Waals surface area contributed by atoms with Gasteiger partial charge in [0.05, 0.1) is 0 Å². The van der Waals surface area contributed by atoms with Crippen LogP contribution in [0.15, 0.2) is 0 Å². The lowest BCUT2D eigenvalue weighted by molar-refractivity contribution is -0.229.